The van der Waals surface area contributed by atoms with Crippen LogP contribution in [0.1, 0.15) is 48.2 Å². The Labute approximate surface area is 119 Å². The fraction of sp³-hybridized carbons (Fsp3) is 0.714. The monoisotopic (exact) mass is 281 g/mol. The molecule has 0 unspecified atom stereocenters. The van der Waals surface area contributed by atoms with Crippen LogP contribution in [-0.4, -0.2) is 40.1 Å². The van der Waals surface area contributed by atoms with Gasteiger partial charge in [0.05, 0.1) is 18.4 Å². The summed E-state index contributed by atoms with van der Waals surface area (Å²) >= 11 is 0. The molecular weight excluding hydrogens is 258 g/mol. The van der Waals surface area contributed by atoms with E-state index in [1.165, 1.54) is 19.3 Å². The number of aromatic nitrogens is 2. The molecule has 1 aromatic rings. The Hall–Kier alpha value is -1.56. The van der Waals surface area contributed by atoms with Gasteiger partial charge < -0.3 is 15.2 Å². The van der Waals surface area contributed by atoms with Crippen LogP contribution >= 0.6 is 0 Å². The van der Waals surface area contributed by atoms with Crippen molar-refractivity contribution >= 4 is 11.8 Å². The van der Waals surface area contributed by atoms with E-state index in [1.807, 2.05) is 0 Å². The van der Waals surface area contributed by atoms with Crippen LogP contribution < -0.4 is 5.32 Å². The van der Waals surface area contributed by atoms with E-state index in [0.717, 1.165) is 12.8 Å². The highest BCUT2D eigenvalue weighted by Crippen LogP contribution is 2.21. The van der Waals surface area contributed by atoms with Crippen molar-refractivity contribution in [2.45, 2.75) is 45.1 Å². The van der Waals surface area contributed by atoms with Crippen LogP contribution in [0.4, 0.5) is 5.82 Å². The molecule has 0 aliphatic heterocycles. The lowest BCUT2D eigenvalue weighted by atomic mass is 9.98. The first kappa shape index (κ1) is 14.8. The van der Waals surface area contributed by atoms with Crippen molar-refractivity contribution in [1.29, 1.82) is 0 Å². The van der Waals surface area contributed by atoms with Crippen LogP contribution in [-0.2, 0) is 11.8 Å². The first-order chi connectivity index (χ1) is 9.59. The van der Waals surface area contributed by atoms with Crippen LogP contribution in [0.5, 0.6) is 0 Å². The van der Waals surface area contributed by atoms with Gasteiger partial charge in [0.1, 0.15) is 11.4 Å². The molecule has 6 heteroatoms. The molecule has 1 aromatic heterocycles. The number of rotatable bonds is 6. The molecule has 1 saturated carbocycles. The average Bonchev–Trinajstić information content (AvgIpc) is 2.70. The van der Waals surface area contributed by atoms with E-state index in [4.69, 9.17) is 4.74 Å². The smallest absolute Gasteiger partial charge is 0.341 e. The summed E-state index contributed by atoms with van der Waals surface area (Å²) in [5.41, 5.74) is 0.765. The summed E-state index contributed by atoms with van der Waals surface area (Å²) in [5, 5.41) is 16.4. The van der Waals surface area contributed by atoms with E-state index in [0.29, 0.717) is 30.8 Å². The minimum absolute atomic E-state index is 0.241. The highest BCUT2D eigenvalue weighted by molar-refractivity contribution is 5.94. The maximum absolute atomic E-state index is 11.2. The summed E-state index contributed by atoms with van der Waals surface area (Å²) in [6, 6.07) is 0. The number of anilines is 1. The van der Waals surface area contributed by atoms with Gasteiger partial charge in [-0.2, -0.15) is 5.10 Å². The molecule has 0 radical (unpaired) electrons. The van der Waals surface area contributed by atoms with Crippen molar-refractivity contribution in [2.24, 2.45) is 7.05 Å². The molecule has 2 rings (SSSR count). The summed E-state index contributed by atoms with van der Waals surface area (Å²) in [5.74, 6) is -0.409. The van der Waals surface area contributed by atoms with E-state index in [-0.39, 0.29) is 5.56 Å². The molecular formula is C14H23N3O3. The van der Waals surface area contributed by atoms with Gasteiger partial charge in [0.2, 0.25) is 0 Å². The van der Waals surface area contributed by atoms with Crippen LogP contribution in [0, 0.1) is 6.92 Å². The number of carboxylic acid groups (broad SMARTS) is 1. The van der Waals surface area contributed by atoms with E-state index in [1.54, 1.807) is 18.7 Å². The topological polar surface area (TPSA) is 76.4 Å². The van der Waals surface area contributed by atoms with Gasteiger partial charge in [0.15, 0.2) is 0 Å². The third-order valence-corrected chi connectivity index (χ3v) is 3.74. The van der Waals surface area contributed by atoms with Gasteiger partial charge in [-0.05, 0) is 19.8 Å². The highest BCUT2D eigenvalue weighted by Gasteiger charge is 2.19. The van der Waals surface area contributed by atoms with E-state index in [2.05, 4.69) is 10.4 Å². The van der Waals surface area contributed by atoms with E-state index in [9.17, 15) is 9.90 Å². The second-order valence-electron chi connectivity index (χ2n) is 5.30. The molecule has 0 aromatic carbocycles. The fourth-order valence-corrected chi connectivity index (χ4v) is 2.74. The van der Waals surface area contributed by atoms with Crippen molar-refractivity contribution < 1.29 is 14.6 Å². The maximum Gasteiger partial charge on any atom is 0.341 e. The summed E-state index contributed by atoms with van der Waals surface area (Å²) in [7, 11) is 1.74. The Morgan fingerprint density at radius 2 is 2.15 bits per heavy atom. The van der Waals surface area contributed by atoms with Gasteiger partial charge >= 0.3 is 5.97 Å². The second kappa shape index (κ2) is 6.74. The first-order valence-electron chi connectivity index (χ1n) is 7.22. The average molecular weight is 281 g/mol. The third-order valence-electron chi connectivity index (χ3n) is 3.74. The van der Waals surface area contributed by atoms with Gasteiger partial charge in [0, 0.05) is 13.6 Å². The number of carboxylic acids is 1. The predicted molar refractivity (Wildman–Crippen MR) is 76.2 cm³/mol. The minimum atomic E-state index is -0.953. The van der Waals surface area contributed by atoms with Gasteiger partial charge in [0.25, 0.3) is 0 Å². The third kappa shape index (κ3) is 3.50. The maximum atomic E-state index is 11.2. The van der Waals surface area contributed by atoms with Crippen molar-refractivity contribution in [2.75, 3.05) is 18.5 Å². The fourth-order valence-electron chi connectivity index (χ4n) is 2.74. The number of aromatic carboxylic acids is 1. The summed E-state index contributed by atoms with van der Waals surface area (Å²) in [4.78, 5) is 11.2. The van der Waals surface area contributed by atoms with Crippen molar-refractivity contribution in [1.82, 2.24) is 9.78 Å². The lowest BCUT2D eigenvalue weighted by Gasteiger charge is -2.22. The summed E-state index contributed by atoms with van der Waals surface area (Å²) < 4.78 is 7.38. The lowest BCUT2D eigenvalue weighted by molar-refractivity contribution is 0.0347. The summed E-state index contributed by atoms with van der Waals surface area (Å²) in [6.07, 6.45) is 6.48. The van der Waals surface area contributed by atoms with E-state index < -0.39 is 5.97 Å². The number of carbonyl (C=O) groups is 1. The number of nitrogens with zero attached hydrogens (tertiary/aromatic N) is 2. The molecule has 20 heavy (non-hydrogen) atoms. The standard InChI is InChI=1S/C14H23N3O3/c1-10-12(14(18)19)13(17(2)16-10)15-8-9-20-11-6-4-3-5-7-11/h11,15H,3-9H2,1-2H3,(H,18,19). The normalized spacial score (nSPS) is 16.3. The zero-order chi connectivity index (χ0) is 14.5. The molecule has 1 aliphatic rings. The molecule has 0 saturated heterocycles. The van der Waals surface area contributed by atoms with Crippen LogP contribution in [0.15, 0.2) is 0 Å². The molecule has 112 valence electrons. The van der Waals surface area contributed by atoms with E-state index >= 15 is 0 Å². The molecule has 1 fully saturated rings. The molecule has 1 aliphatic carbocycles. The van der Waals surface area contributed by atoms with Crippen LogP contribution in [0.25, 0.3) is 0 Å². The zero-order valence-corrected chi connectivity index (χ0v) is 12.2. The largest absolute Gasteiger partial charge is 0.477 e. The summed E-state index contributed by atoms with van der Waals surface area (Å²) in [6.45, 7) is 2.89. The first-order valence-corrected chi connectivity index (χ1v) is 7.22. The van der Waals surface area contributed by atoms with Crippen LogP contribution in [0.3, 0.4) is 0 Å². The predicted octanol–water partition coefficient (Wildman–Crippen LogP) is 2.19. The molecule has 2 N–H and O–H groups in total. The number of hydrogen-bond acceptors (Lipinski definition) is 4. The molecule has 0 amide bonds. The van der Waals surface area contributed by atoms with Crippen molar-refractivity contribution in [3.8, 4) is 0 Å². The SMILES string of the molecule is Cc1nn(C)c(NCCOC2CCCCC2)c1C(=O)O. The second-order valence-corrected chi connectivity index (χ2v) is 5.30. The zero-order valence-electron chi connectivity index (χ0n) is 12.2. The Morgan fingerprint density at radius 3 is 2.80 bits per heavy atom. The Kier molecular flexibility index (Phi) is 5.00. The Balaban J connectivity index is 1.83. The number of hydrogen-bond donors (Lipinski definition) is 2. The van der Waals surface area contributed by atoms with Crippen LogP contribution in [0.2, 0.25) is 0 Å². The van der Waals surface area contributed by atoms with Crippen molar-refractivity contribution in [3.63, 3.8) is 0 Å². The molecule has 1 heterocycles. The molecule has 6 nitrogen and oxygen atoms in total. The Bertz CT molecular complexity index is 464. The number of ether oxygens (including phenoxy) is 1. The highest BCUT2D eigenvalue weighted by atomic mass is 16.5. The Morgan fingerprint density at radius 1 is 1.45 bits per heavy atom. The quantitative estimate of drug-likeness (QED) is 0.782. The van der Waals surface area contributed by atoms with Gasteiger partial charge in [-0.3, -0.25) is 4.68 Å². The minimum Gasteiger partial charge on any atom is -0.477 e. The van der Waals surface area contributed by atoms with Gasteiger partial charge in [-0.15, -0.1) is 0 Å². The van der Waals surface area contributed by atoms with Gasteiger partial charge in [-0.25, -0.2) is 4.79 Å². The van der Waals surface area contributed by atoms with Crippen molar-refractivity contribution in [3.05, 3.63) is 11.3 Å². The molecule has 0 spiro atoms. The number of aryl methyl sites for hydroxylation is 2. The molecule has 0 bridgehead atoms. The van der Waals surface area contributed by atoms with Gasteiger partial charge in [-0.1, -0.05) is 19.3 Å². The lowest BCUT2D eigenvalue weighted by Crippen LogP contribution is -2.21. The molecule has 0 atom stereocenters. The number of nitrogens with one attached hydrogen (secondary N) is 1.